The van der Waals surface area contributed by atoms with Gasteiger partial charge in [-0.25, -0.2) is 8.42 Å². The number of hydrogen-bond donors (Lipinski definition) is 1. The summed E-state index contributed by atoms with van der Waals surface area (Å²) >= 11 is 0. The first-order valence-electron chi connectivity index (χ1n) is 11.5. The second-order valence-electron chi connectivity index (χ2n) is 9.34. The summed E-state index contributed by atoms with van der Waals surface area (Å²) in [6, 6.07) is 5.16. The zero-order chi connectivity index (χ0) is 22.2. The maximum absolute atomic E-state index is 13.1. The topological polar surface area (TPSA) is 86.8 Å². The summed E-state index contributed by atoms with van der Waals surface area (Å²) in [5.74, 6) is 0.000237. The predicted octanol–water partition coefficient (Wildman–Crippen LogP) is 2.83. The molecule has 31 heavy (non-hydrogen) atoms. The normalized spacial score (nSPS) is 22.3. The van der Waals surface area contributed by atoms with E-state index in [4.69, 9.17) is 0 Å². The summed E-state index contributed by atoms with van der Waals surface area (Å²) in [6.07, 6.45) is 8.95. The standard InChI is InChI=1S/C23H33N3O4S/c1-16-13-18-14-20(11-12-21(18)26(16)23(28)17-7-6-8-17)31(29,30)25(2)15-22(27)24-19-9-4-3-5-10-19/h11-12,14,16-17,19H,3-10,13,15H2,1-2H3,(H,24,27)/t16-/m0/s1. The lowest BCUT2D eigenvalue weighted by molar-refractivity contribution is -0.125. The number of amides is 2. The SMILES string of the molecule is C[C@H]1Cc2cc(S(=O)(=O)N(C)CC(=O)NC3CCCCC3)ccc2N1C(=O)C1CCC1. The molecule has 170 valence electrons. The van der Waals surface area contributed by atoms with Crippen LogP contribution in [0.25, 0.3) is 0 Å². The maximum Gasteiger partial charge on any atom is 0.243 e. The van der Waals surface area contributed by atoms with Crippen LogP contribution in [0.15, 0.2) is 23.1 Å². The lowest BCUT2D eigenvalue weighted by atomic mass is 9.84. The lowest BCUT2D eigenvalue weighted by Gasteiger charge is -2.32. The summed E-state index contributed by atoms with van der Waals surface area (Å²) in [5.41, 5.74) is 1.70. The molecule has 2 aliphatic carbocycles. The molecule has 1 aromatic rings. The Bertz CT molecular complexity index is 952. The number of rotatable bonds is 6. The largest absolute Gasteiger partial charge is 0.352 e. The van der Waals surface area contributed by atoms with Crippen LogP contribution in [0.3, 0.4) is 0 Å². The van der Waals surface area contributed by atoms with Crippen molar-refractivity contribution in [2.24, 2.45) is 5.92 Å². The van der Waals surface area contributed by atoms with Gasteiger partial charge in [-0.05, 0) is 62.8 Å². The van der Waals surface area contributed by atoms with Gasteiger partial charge in [-0.15, -0.1) is 0 Å². The van der Waals surface area contributed by atoms with Gasteiger partial charge in [0.15, 0.2) is 0 Å². The highest BCUT2D eigenvalue weighted by Gasteiger charge is 2.37. The molecule has 1 heterocycles. The minimum Gasteiger partial charge on any atom is -0.352 e. The molecule has 1 N–H and O–H groups in total. The van der Waals surface area contributed by atoms with Crippen molar-refractivity contribution in [3.63, 3.8) is 0 Å². The van der Waals surface area contributed by atoms with Crippen molar-refractivity contribution < 1.29 is 18.0 Å². The summed E-state index contributed by atoms with van der Waals surface area (Å²) in [6.45, 7) is 1.81. The Balaban J connectivity index is 1.45. The highest BCUT2D eigenvalue weighted by atomic mass is 32.2. The fourth-order valence-corrected chi connectivity index (χ4v) is 6.12. The Hall–Kier alpha value is -1.93. The first-order valence-corrected chi connectivity index (χ1v) is 12.9. The number of carbonyl (C=O) groups excluding carboxylic acids is 2. The van der Waals surface area contributed by atoms with Crippen LogP contribution in [-0.2, 0) is 26.0 Å². The third-order valence-electron chi connectivity index (χ3n) is 7.00. The van der Waals surface area contributed by atoms with Crippen LogP contribution < -0.4 is 10.2 Å². The monoisotopic (exact) mass is 447 g/mol. The molecule has 1 aliphatic heterocycles. The molecule has 4 rings (SSSR count). The lowest BCUT2D eigenvalue weighted by Crippen LogP contribution is -2.43. The number of carbonyl (C=O) groups is 2. The van der Waals surface area contributed by atoms with E-state index in [0.717, 1.165) is 60.5 Å². The van der Waals surface area contributed by atoms with E-state index in [1.54, 1.807) is 18.2 Å². The summed E-state index contributed by atoms with van der Waals surface area (Å²) in [7, 11) is -2.35. The van der Waals surface area contributed by atoms with E-state index in [1.165, 1.54) is 13.5 Å². The van der Waals surface area contributed by atoms with Gasteiger partial charge in [0.2, 0.25) is 21.8 Å². The van der Waals surface area contributed by atoms with Crippen molar-refractivity contribution in [2.75, 3.05) is 18.5 Å². The van der Waals surface area contributed by atoms with Gasteiger partial charge in [-0.1, -0.05) is 25.7 Å². The molecule has 7 nitrogen and oxygen atoms in total. The molecule has 2 amide bonds. The smallest absolute Gasteiger partial charge is 0.243 e. The number of sulfonamides is 1. The molecule has 8 heteroatoms. The van der Waals surface area contributed by atoms with E-state index >= 15 is 0 Å². The van der Waals surface area contributed by atoms with Gasteiger partial charge < -0.3 is 10.2 Å². The fourth-order valence-electron chi connectivity index (χ4n) is 4.94. The van der Waals surface area contributed by atoms with Crippen LogP contribution in [-0.4, -0.2) is 50.2 Å². The molecule has 3 aliphatic rings. The van der Waals surface area contributed by atoms with E-state index in [1.807, 2.05) is 11.8 Å². The molecule has 0 unspecified atom stereocenters. The second kappa shape index (κ2) is 8.90. The number of nitrogens with one attached hydrogen (secondary N) is 1. The molecule has 2 saturated carbocycles. The molecule has 0 aromatic heterocycles. The molecule has 1 atom stereocenters. The average Bonchev–Trinajstić information content (AvgIpc) is 3.02. The highest BCUT2D eigenvalue weighted by molar-refractivity contribution is 7.89. The van der Waals surface area contributed by atoms with Crippen LogP contribution in [0.5, 0.6) is 0 Å². The van der Waals surface area contributed by atoms with Gasteiger partial charge in [0.05, 0.1) is 11.4 Å². The van der Waals surface area contributed by atoms with Crippen molar-refractivity contribution in [1.29, 1.82) is 0 Å². The summed E-state index contributed by atoms with van der Waals surface area (Å²) in [5, 5.41) is 2.97. The van der Waals surface area contributed by atoms with Crippen LogP contribution >= 0.6 is 0 Å². The van der Waals surface area contributed by atoms with Crippen LogP contribution in [0.2, 0.25) is 0 Å². The van der Waals surface area contributed by atoms with Gasteiger partial charge in [-0.2, -0.15) is 4.31 Å². The van der Waals surface area contributed by atoms with E-state index in [-0.39, 0.29) is 41.3 Å². The molecule has 1 aromatic carbocycles. The van der Waals surface area contributed by atoms with Crippen molar-refractivity contribution in [3.8, 4) is 0 Å². The summed E-state index contributed by atoms with van der Waals surface area (Å²) < 4.78 is 27.3. The third-order valence-corrected chi connectivity index (χ3v) is 8.80. The van der Waals surface area contributed by atoms with Crippen LogP contribution in [0, 0.1) is 5.92 Å². The van der Waals surface area contributed by atoms with Crippen LogP contribution in [0.4, 0.5) is 5.69 Å². The number of likely N-dealkylation sites (N-methyl/N-ethyl adjacent to an activating group) is 1. The van der Waals surface area contributed by atoms with E-state index in [0.29, 0.717) is 6.42 Å². The van der Waals surface area contributed by atoms with Crippen molar-refractivity contribution in [2.45, 2.75) is 81.7 Å². The van der Waals surface area contributed by atoms with E-state index in [2.05, 4.69) is 5.32 Å². The molecule has 2 fully saturated rings. The quantitative estimate of drug-likeness (QED) is 0.727. The Morgan fingerprint density at radius 2 is 1.81 bits per heavy atom. The second-order valence-corrected chi connectivity index (χ2v) is 11.4. The predicted molar refractivity (Wildman–Crippen MR) is 119 cm³/mol. The zero-order valence-electron chi connectivity index (χ0n) is 18.5. The molecule has 0 saturated heterocycles. The van der Waals surface area contributed by atoms with Crippen molar-refractivity contribution in [3.05, 3.63) is 23.8 Å². The highest BCUT2D eigenvalue weighted by Crippen LogP contribution is 2.38. The number of nitrogens with zero attached hydrogens (tertiary/aromatic N) is 2. The fraction of sp³-hybridized carbons (Fsp3) is 0.652. The first-order chi connectivity index (χ1) is 14.8. The number of benzene rings is 1. The maximum atomic E-state index is 13.1. The Kier molecular flexibility index (Phi) is 6.40. The van der Waals surface area contributed by atoms with Gasteiger partial charge in [0, 0.05) is 30.7 Å². The molecular formula is C23H33N3O4S. The number of hydrogen-bond acceptors (Lipinski definition) is 4. The molecule has 0 radical (unpaired) electrons. The van der Waals surface area contributed by atoms with Gasteiger partial charge >= 0.3 is 0 Å². The van der Waals surface area contributed by atoms with E-state index < -0.39 is 10.0 Å². The Morgan fingerprint density at radius 3 is 2.45 bits per heavy atom. The average molecular weight is 448 g/mol. The molecular weight excluding hydrogens is 414 g/mol. The number of anilines is 1. The van der Waals surface area contributed by atoms with Gasteiger partial charge in [0.1, 0.15) is 0 Å². The minimum atomic E-state index is -3.79. The van der Waals surface area contributed by atoms with Gasteiger partial charge in [0.25, 0.3) is 0 Å². The zero-order valence-corrected chi connectivity index (χ0v) is 19.3. The van der Waals surface area contributed by atoms with Crippen LogP contribution in [0.1, 0.15) is 63.9 Å². The molecule has 0 spiro atoms. The minimum absolute atomic E-state index is 0.0278. The molecule has 0 bridgehead atoms. The first kappa shape index (κ1) is 22.3. The Labute approximate surface area is 185 Å². The third kappa shape index (κ3) is 4.51. The van der Waals surface area contributed by atoms with Crippen molar-refractivity contribution >= 4 is 27.5 Å². The Morgan fingerprint density at radius 1 is 1.10 bits per heavy atom. The van der Waals surface area contributed by atoms with Crippen molar-refractivity contribution in [1.82, 2.24) is 9.62 Å². The van der Waals surface area contributed by atoms with E-state index in [9.17, 15) is 18.0 Å². The summed E-state index contributed by atoms with van der Waals surface area (Å²) in [4.78, 5) is 27.2. The number of fused-ring (bicyclic) bond motifs is 1. The van der Waals surface area contributed by atoms with Gasteiger partial charge in [-0.3, -0.25) is 9.59 Å².